The van der Waals surface area contributed by atoms with Gasteiger partial charge in [0.15, 0.2) is 11.4 Å². The predicted molar refractivity (Wildman–Crippen MR) is 200 cm³/mol. The minimum atomic E-state index is -3.42. The van der Waals surface area contributed by atoms with Crippen LogP contribution < -0.4 is 4.74 Å². The molecule has 4 aliphatic rings. The first-order valence-corrected chi connectivity index (χ1v) is 18.6. The van der Waals surface area contributed by atoms with Crippen LogP contribution in [0.5, 0.6) is 5.75 Å². The van der Waals surface area contributed by atoms with Gasteiger partial charge < -0.3 is 4.74 Å². The summed E-state index contributed by atoms with van der Waals surface area (Å²) in [5.41, 5.74) is 11.2. The zero-order valence-electron chi connectivity index (χ0n) is 30.2. The van der Waals surface area contributed by atoms with E-state index in [0.29, 0.717) is 23.8 Å². The van der Waals surface area contributed by atoms with Crippen LogP contribution in [0.15, 0.2) is 101 Å². The topological polar surface area (TPSA) is 24.6 Å². The second kappa shape index (κ2) is 15.5. The Morgan fingerprint density at radius 3 is 2.46 bits per heavy atom. The molecule has 0 radical (unpaired) electrons. The van der Waals surface area contributed by atoms with Gasteiger partial charge in [-0.2, -0.15) is 8.78 Å². The number of alkyl halides is 2. The minimum absolute atomic E-state index is 0.139. The average molecular weight is 682 g/mol. The maximum absolute atomic E-state index is 14.1. The van der Waals surface area contributed by atoms with Gasteiger partial charge in [-0.05, 0) is 116 Å². The highest BCUT2D eigenvalue weighted by atomic mass is 19.3. The third kappa shape index (κ3) is 7.70. The number of rotatable bonds is 8. The SMILES string of the molecule is C=CC(F)(F)Oc1cccc(C2=C(C)[N+](C)=C(C3CCCCC(C4=NC=CCC(C)C5=C4C=C(c4ccc(F)cc4)CCC5)CC3)C2CC)c1. The second-order valence-corrected chi connectivity index (χ2v) is 14.6. The van der Waals surface area contributed by atoms with Crippen molar-refractivity contribution in [2.45, 2.75) is 97.5 Å². The Kier molecular flexibility index (Phi) is 11.1. The molecule has 6 rings (SSSR count). The van der Waals surface area contributed by atoms with Gasteiger partial charge in [-0.15, -0.1) is 0 Å². The van der Waals surface area contributed by atoms with Gasteiger partial charge in [-0.1, -0.05) is 69.2 Å². The summed E-state index contributed by atoms with van der Waals surface area (Å²) in [5, 5.41) is 0. The van der Waals surface area contributed by atoms with E-state index >= 15 is 0 Å². The standard InChI is InChI=1S/C44H52F3N2O/c1-6-38-41(35-17-10-18-37(27-35)50-44(46,47)7-2)30(4)49(5)43(38)33-15-9-8-14-32(20-21-33)42-40-28-34(31-22-24-36(45)25-23-31)16-11-19-39(40)29(3)13-12-26-48-42/h7,10,12,17-18,22-29,32-33,38H,2,6,8-9,11,13-16,19-21H2,1,3-5H3/q+1. The molecule has 2 heterocycles. The molecule has 2 aromatic carbocycles. The molecule has 2 aromatic rings. The number of benzene rings is 2. The van der Waals surface area contributed by atoms with Crippen LogP contribution in [0.4, 0.5) is 13.2 Å². The molecule has 3 nitrogen and oxygen atoms in total. The van der Waals surface area contributed by atoms with E-state index in [0.717, 1.165) is 81.8 Å². The largest absolute Gasteiger partial charge is 0.429 e. The van der Waals surface area contributed by atoms with E-state index in [9.17, 15) is 13.2 Å². The molecule has 50 heavy (non-hydrogen) atoms. The average Bonchev–Trinajstić information content (AvgIpc) is 3.20. The summed E-state index contributed by atoms with van der Waals surface area (Å²) in [4.78, 5) is 5.23. The van der Waals surface area contributed by atoms with Crippen molar-refractivity contribution in [2.24, 2.45) is 28.7 Å². The molecule has 4 unspecified atom stereocenters. The molecular formula is C44H52F3N2O+. The van der Waals surface area contributed by atoms with Crippen LogP contribution in [0, 0.1) is 29.5 Å². The first-order valence-electron chi connectivity index (χ1n) is 18.6. The Morgan fingerprint density at radius 1 is 0.980 bits per heavy atom. The number of halogens is 3. The number of hydrogen-bond acceptors (Lipinski definition) is 2. The molecule has 0 bridgehead atoms. The van der Waals surface area contributed by atoms with Crippen LogP contribution in [0.25, 0.3) is 11.1 Å². The molecule has 2 aliphatic carbocycles. The molecule has 2 aliphatic heterocycles. The number of nitrogens with zero attached hydrogens (tertiary/aromatic N) is 2. The molecule has 6 heteroatoms. The molecule has 0 aromatic heterocycles. The Balaban J connectivity index is 1.28. The lowest BCUT2D eigenvalue weighted by Gasteiger charge is -2.29. The van der Waals surface area contributed by atoms with Gasteiger partial charge in [0.2, 0.25) is 0 Å². The van der Waals surface area contributed by atoms with Gasteiger partial charge >= 0.3 is 6.11 Å². The molecule has 264 valence electrons. The summed E-state index contributed by atoms with van der Waals surface area (Å²) in [7, 11) is 2.18. The second-order valence-electron chi connectivity index (χ2n) is 14.6. The summed E-state index contributed by atoms with van der Waals surface area (Å²) in [6.45, 7) is 9.96. The predicted octanol–water partition coefficient (Wildman–Crippen LogP) is 12.0. The minimum Gasteiger partial charge on any atom is -0.429 e. The third-order valence-corrected chi connectivity index (χ3v) is 11.5. The highest BCUT2D eigenvalue weighted by Crippen LogP contribution is 2.43. The zero-order chi connectivity index (χ0) is 35.4. The van der Waals surface area contributed by atoms with Gasteiger partial charge in [0.25, 0.3) is 0 Å². The third-order valence-electron chi connectivity index (χ3n) is 11.5. The maximum atomic E-state index is 14.1. The number of allylic oxidation sites excluding steroid dienone is 7. The van der Waals surface area contributed by atoms with Gasteiger partial charge in [0, 0.05) is 36.6 Å². The van der Waals surface area contributed by atoms with Crippen LogP contribution >= 0.6 is 0 Å². The molecule has 0 spiro atoms. The Labute approximate surface area is 296 Å². The van der Waals surface area contributed by atoms with Gasteiger partial charge in [0.05, 0.1) is 11.6 Å². The molecule has 0 amide bonds. The molecule has 1 fully saturated rings. The van der Waals surface area contributed by atoms with Crippen LogP contribution in [0.3, 0.4) is 0 Å². The van der Waals surface area contributed by atoms with E-state index in [4.69, 9.17) is 9.73 Å². The van der Waals surface area contributed by atoms with Crippen molar-refractivity contribution in [1.82, 2.24) is 0 Å². The van der Waals surface area contributed by atoms with Crippen molar-refractivity contribution in [3.8, 4) is 5.75 Å². The summed E-state index contributed by atoms with van der Waals surface area (Å²) in [6.07, 6.45) is 15.5. The summed E-state index contributed by atoms with van der Waals surface area (Å²) < 4.78 is 49.4. The lowest BCUT2D eigenvalue weighted by atomic mass is 9.74. The summed E-state index contributed by atoms with van der Waals surface area (Å²) >= 11 is 0. The number of aliphatic imine (C=N–C) groups is 1. The first kappa shape index (κ1) is 35.9. The fourth-order valence-electron chi connectivity index (χ4n) is 8.88. The molecule has 1 saturated carbocycles. The van der Waals surface area contributed by atoms with Crippen molar-refractivity contribution in [3.63, 3.8) is 0 Å². The zero-order valence-corrected chi connectivity index (χ0v) is 30.2. The maximum Gasteiger partial charge on any atom is 0.419 e. The van der Waals surface area contributed by atoms with Gasteiger partial charge in [-0.25, -0.2) is 8.97 Å². The monoisotopic (exact) mass is 681 g/mol. The van der Waals surface area contributed by atoms with Crippen LogP contribution in [-0.4, -0.2) is 29.2 Å². The summed E-state index contributed by atoms with van der Waals surface area (Å²) in [6, 6.07) is 14.1. The van der Waals surface area contributed by atoms with E-state index in [-0.39, 0.29) is 17.5 Å². The fourth-order valence-corrected chi connectivity index (χ4v) is 8.88. The van der Waals surface area contributed by atoms with E-state index in [1.165, 1.54) is 39.4 Å². The van der Waals surface area contributed by atoms with E-state index in [2.05, 4.69) is 51.1 Å². The molecular weight excluding hydrogens is 629 g/mol. The lowest BCUT2D eigenvalue weighted by Crippen LogP contribution is -2.30. The lowest BCUT2D eigenvalue weighted by molar-refractivity contribution is -0.442. The fraction of sp³-hybridized carbons (Fsp3) is 0.455. The van der Waals surface area contributed by atoms with Crippen molar-refractivity contribution in [2.75, 3.05) is 7.05 Å². The Bertz CT molecular complexity index is 1770. The highest BCUT2D eigenvalue weighted by Gasteiger charge is 2.42. The first-order chi connectivity index (χ1) is 24.1. The Hall–Kier alpha value is -3.93. The van der Waals surface area contributed by atoms with Crippen molar-refractivity contribution < 1.29 is 22.5 Å². The summed E-state index contributed by atoms with van der Waals surface area (Å²) in [5.74, 6) is 1.36. The smallest absolute Gasteiger partial charge is 0.419 e. The highest BCUT2D eigenvalue weighted by molar-refractivity contribution is 6.07. The van der Waals surface area contributed by atoms with Crippen LogP contribution in [0.2, 0.25) is 0 Å². The van der Waals surface area contributed by atoms with Crippen LogP contribution in [0.1, 0.15) is 103 Å². The number of ether oxygens (including phenoxy) is 1. The molecule has 0 N–H and O–H groups in total. The van der Waals surface area contributed by atoms with E-state index in [1.807, 2.05) is 24.4 Å². The van der Waals surface area contributed by atoms with Gasteiger partial charge in [-0.3, -0.25) is 4.99 Å². The molecule has 0 saturated heterocycles. The van der Waals surface area contributed by atoms with Crippen molar-refractivity contribution in [3.05, 3.63) is 113 Å². The molecule has 4 atom stereocenters. The van der Waals surface area contributed by atoms with E-state index in [1.54, 1.807) is 30.3 Å². The normalized spacial score (nSPS) is 25.2. The van der Waals surface area contributed by atoms with Crippen molar-refractivity contribution >= 4 is 22.6 Å². The van der Waals surface area contributed by atoms with Gasteiger partial charge in [0.1, 0.15) is 18.6 Å². The van der Waals surface area contributed by atoms with Crippen molar-refractivity contribution in [1.29, 1.82) is 0 Å². The quantitative estimate of drug-likeness (QED) is 0.201. The number of hydrogen-bond donors (Lipinski definition) is 0. The van der Waals surface area contributed by atoms with E-state index < -0.39 is 6.11 Å². The Morgan fingerprint density at radius 2 is 1.72 bits per heavy atom. The van der Waals surface area contributed by atoms with Crippen LogP contribution in [-0.2, 0) is 0 Å².